The fourth-order valence-corrected chi connectivity index (χ4v) is 2.38. The van der Waals surface area contributed by atoms with Gasteiger partial charge >= 0.3 is 0 Å². The second-order valence-electron chi connectivity index (χ2n) is 5.27. The van der Waals surface area contributed by atoms with Gasteiger partial charge in [-0.1, -0.05) is 25.1 Å². The van der Waals surface area contributed by atoms with E-state index < -0.39 is 6.10 Å². The SMILES string of the molecule is CCC(O)c1ccccc1OCc1cncn1C1CC1. The molecule has 0 bridgehead atoms. The third kappa shape index (κ3) is 2.70. The van der Waals surface area contributed by atoms with E-state index in [1.807, 2.05) is 43.7 Å². The van der Waals surface area contributed by atoms with Crippen molar-refractivity contribution >= 4 is 0 Å². The molecule has 3 rings (SSSR count). The molecule has 4 heteroatoms. The Morgan fingerprint density at radius 1 is 1.40 bits per heavy atom. The molecule has 1 unspecified atom stereocenters. The lowest BCUT2D eigenvalue weighted by Crippen LogP contribution is -2.06. The number of nitrogens with zero attached hydrogens (tertiary/aromatic N) is 2. The number of ether oxygens (including phenoxy) is 1. The first-order valence-corrected chi connectivity index (χ1v) is 7.20. The Labute approximate surface area is 119 Å². The van der Waals surface area contributed by atoms with Crippen LogP contribution in [0.4, 0.5) is 0 Å². The molecule has 106 valence electrons. The molecule has 1 aromatic heterocycles. The quantitative estimate of drug-likeness (QED) is 0.878. The van der Waals surface area contributed by atoms with Gasteiger partial charge in [0.25, 0.3) is 0 Å². The molecule has 1 N–H and O–H groups in total. The zero-order valence-corrected chi connectivity index (χ0v) is 11.7. The van der Waals surface area contributed by atoms with Gasteiger partial charge in [-0.2, -0.15) is 0 Å². The summed E-state index contributed by atoms with van der Waals surface area (Å²) in [6.45, 7) is 2.45. The fraction of sp³-hybridized carbons (Fsp3) is 0.438. The van der Waals surface area contributed by atoms with Crippen LogP contribution in [0.3, 0.4) is 0 Å². The van der Waals surface area contributed by atoms with Crippen molar-refractivity contribution in [3.05, 3.63) is 48.0 Å². The first-order chi connectivity index (χ1) is 9.79. The highest BCUT2D eigenvalue weighted by Crippen LogP contribution is 2.36. The van der Waals surface area contributed by atoms with E-state index in [0.717, 1.165) is 17.0 Å². The van der Waals surface area contributed by atoms with E-state index in [1.165, 1.54) is 12.8 Å². The topological polar surface area (TPSA) is 47.3 Å². The maximum Gasteiger partial charge on any atom is 0.130 e. The molecule has 0 saturated heterocycles. The fourth-order valence-electron chi connectivity index (χ4n) is 2.38. The van der Waals surface area contributed by atoms with Gasteiger partial charge in [0.2, 0.25) is 0 Å². The van der Waals surface area contributed by atoms with Crippen LogP contribution in [0.5, 0.6) is 5.75 Å². The second-order valence-corrected chi connectivity index (χ2v) is 5.27. The molecule has 0 radical (unpaired) electrons. The number of hydrogen-bond acceptors (Lipinski definition) is 3. The number of rotatable bonds is 6. The highest BCUT2D eigenvalue weighted by atomic mass is 16.5. The van der Waals surface area contributed by atoms with Crippen molar-refractivity contribution in [1.82, 2.24) is 9.55 Å². The van der Waals surface area contributed by atoms with E-state index in [0.29, 0.717) is 19.1 Å². The van der Waals surface area contributed by atoms with Gasteiger partial charge in [0, 0.05) is 11.6 Å². The standard InChI is InChI=1S/C16H20N2O2/c1-2-15(19)14-5-3-4-6-16(14)20-10-13-9-17-11-18(13)12-7-8-12/h3-6,9,11-12,15,19H,2,7-8,10H2,1H3. The van der Waals surface area contributed by atoms with E-state index >= 15 is 0 Å². The number of aliphatic hydroxyl groups is 1. The highest BCUT2D eigenvalue weighted by Gasteiger charge is 2.25. The molecule has 1 fully saturated rings. The summed E-state index contributed by atoms with van der Waals surface area (Å²) in [5, 5.41) is 10.0. The van der Waals surface area contributed by atoms with E-state index in [2.05, 4.69) is 9.55 Å². The zero-order valence-electron chi connectivity index (χ0n) is 11.7. The third-order valence-corrected chi connectivity index (χ3v) is 3.73. The van der Waals surface area contributed by atoms with Crippen LogP contribution >= 0.6 is 0 Å². The average Bonchev–Trinajstić information content (AvgIpc) is 3.23. The second kappa shape index (κ2) is 5.67. The predicted octanol–water partition coefficient (Wildman–Crippen LogP) is 3.24. The minimum atomic E-state index is -0.473. The minimum absolute atomic E-state index is 0.473. The molecule has 4 nitrogen and oxygen atoms in total. The smallest absolute Gasteiger partial charge is 0.130 e. The van der Waals surface area contributed by atoms with Gasteiger partial charge in [-0.05, 0) is 25.3 Å². The van der Waals surface area contributed by atoms with Crippen molar-refractivity contribution in [3.63, 3.8) is 0 Å². The highest BCUT2D eigenvalue weighted by molar-refractivity contribution is 5.35. The Morgan fingerprint density at radius 3 is 2.95 bits per heavy atom. The summed E-state index contributed by atoms with van der Waals surface area (Å²) in [7, 11) is 0. The van der Waals surface area contributed by atoms with Crippen LogP contribution in [0.1, 0.15) is 49.6 Å². The van der Waals surface area contributed by atoms with Gasteiger partial charge in [-0.15, -0.1) is 0 Å². The number of benzene rings is 1. The van der Waals surface area contributed by atoms with E-state index in [4.69, 9.17) is 4.74 Å². The maximum atomic E-state index is 10.0. The summed E-state index contributed by atoms with van der Waals surface area (Å²) < 4.78 is 8.10. The van der Waals surface area contributed by atoms with E-state index in [1.54, 1.807) is 0 Å². The summed E-state index contributed by atoms with van der Waals surface area (Å²) in [4.78, 5) is 4.20. The summed E-state index contributed by atoms with van der Waals surface area (Å²) in [5.74, 6) is 0.755. The molecule has 2 aromatic rings. The first kappa shape index (κ1) is 13.2. The van der Waals surface area contributed by atoms with Crippen LogP contribution < -0.4 is 4.74 Å². The van der Waals surface area contributed by atoms with E-state index in [-0.39, 0.29) is 0 Å². The lowest BCUT2D eigenvalue weighted by molar-refractivity contribution is 0.166. The minimum Gasteiger partial charge on any atom is -0.487 e. The Hall–Kier alpha value is -1.81. The van der Waals surface area contributed by atoms with Gasteiger partial charge in [-0.3, -0.25) is 0 Å². The third-order valence-electron chi connectivity index (χ3n) is 3.73. The van der Waals surface area contributed by atoms with Crippen molar-refractivity contribution in [2.24, 2.45) is 0 Å². The van der Waals surface area contributed by atoms with Crippen molar-refractivity contribution in [1.29, 1.82) is 0 Å². The normalized spacial score (nSPS) is 16.1. The van der Waals surface area contributed by atoms with Crippen LogP contribution in [-0.4, -0.2) is 14.7 Å². The Bertz CT molecular complexity index is 575. The molecule has 0 amide bonds. The largest absolute Gasteiger partial charge is 0.487 e. The van der Waals surface area contributed by atoms with Crippen molar-refractivity contribution in [3.8, 4) is 5.75 Å². The molecule has 0 spiro atoms. The molecule has 20 heavy (non-hydrogen) atoms. The summed E-state index contributed by atoms with van der Waals surface area (Å²) in [6, 6.07) is 8.29. The maximum absolute atomic E-state index is 10.0. The van der Waals surface area contributed by atoms with Crippen LogP contribution in [0, 0.1) is 0 Å². The lowest BCUT2D eigenvalue weighted by Gasteiger charge is -2.15. The van der Waals surface area contributed by atoms with Crippen molar-refractivity contribution in [2.45, 2.75) is 44.9 Å². The molecule has 1 aliphatic carbocycles. The first-order valence-electron chi connectivity index (χ1n) is 7.20. The molecule has 1 heterocycles. The molecule has 1 atom stereocenters. The summed E-state index contributed by atoms with van der Waals surface area (Å²) in [5.41, 5.74) is 1.95. The monoisotopic (exact) mass is 272 g/mol. The van der Waals surface area contributed by atoms with Gasteiger partial charge in [0.15, 0.2) is 0 Å². The number of aromatic nitrogens is 2. The number of imidazole rings is 1. The Kier molecular flexibility index (Phi) is 3.74. The molecule has 1 aliphatic rings. The van der Waals surface area contributed by atoms with Crippen LogP contribution in [0.15, 0.2) is 36.8 Å². The van der Waals surface area contributed by atoms with Gasteiger partial charge in [0.05, 0.1) is 24.3 Å². The molecular weight excluding hydrogens is 252 g/mol. The predicted molar refractivity (Wildman–Crippen MR) is 76.5 cm³/mol. The summed E-state index contributed by atoms with van der Waals surface area (Å²) >= 11 is 0. The number of para-hydroxylation sites is 1. The lowest BCUT2D eigenvalue weighted by atomic mass is 10.1. The molecule has 1 aromatic carbocycles. The van der Waals surface area contributed by atoms with Crippen molar-refractivity contribution in [2.75, 3.05) is 0 Å². The van der Waals surface area contributed by atoms with Crippen LogP contribution in [0.25, 0.3) is 0 Å². The van der Waals surface area contributed by atoms with Gasteiger partial charge in [0.1, 0.15) is 12.4 Å². The molecule has 1 saturated carbocycles. The van der Waals surface area contributed by atoms with Gasteiger partial charge in [-0.25, -0.2) is 4.98 Å². The summed E-state index contributed by atoms with van der Waals surface area (Å²) in [6.07, 6.45) is 6.41. The van der Waals surface area contributed by atoms with Crippen LogP contribution in [0.2, 0.25) is 0 Å². The average molecular weight is 272 g/mol. The van der Waals surface area contributed by atoms with Gasteiger partial charge < -0.3 is 14.4 Å². The number of hydrogen-bond donors (Lipinski definition) is 1. The Morgan fingerprint density at radius 2 is 2.20 bits per heavy atom. The number of aliphatic hydroxyl groups excluding tert-OH is 1. The van der Waals surface area contributed by atoms with Crippen LogP contribution in [-0.2, 0) is 6.61 Å². The molecular formula is C16H20N2O2. The van der Waals surface area contributed by atoms with Crippen molar-refractivity contribution < 1.29 is 9.84 Å². The zero-order chi connectivity index (χ0) is 13.9. The Balaban J connectivity index is 1.73. The molecule has 0 aliphatic heterocycles. The van der Waals surface area contributed by atoms with E-state index in [9.17, 15) is 5.11 Å².